The summed E-state index contributed by atoms with van der Waals surface area (Å²) in [5, 5.41) is 6.25. The van der Waals surface area contributed by atoms with Crippen molar-refractivity contribution in [2.75, 3.05) is 0 Å². The van der Waals surface area contributed by atoms with Gasteiger partial charge in [-0.3, -0.25) is 0 Å². The Kier molecular flexibility index (Phi) is 13.8. The van der Waals surface area contributed by atoms with E-state index in [1.54, 1.807) is 20.7 Å². The van der Waals surface area contributed by atoms with Crippen LogP contribution in [0.25, 0.3) is 0 Å². The van der Waals surface area contributed by atoms with E-state index in [-0.39, 0.29) is 0 Å². The average Bonchev–Trinajstić information content (AvgIpc) is 3.14. The zero-order valence-electron chi connectivity index (χ0n) is 29.3. The van der Waals surface area contributed by atoms with Crippen molar-refractivity contribution >= 4 is 55.9 Å². The molecule has 0 aliphatic carbocycles. The molecular weight excluding hydrogens is 641 g/mol. The molecule has 0 heterocycles. The maximum Gasteiger partial charge on any atom is 0.0720 e. The van der Waals surface area contributed by atoms with Gasteiger partial charge in [-0.2, -0.15) is 0 Å². The first-order valence-electron chi connectivity index (χ1n) is 17.8. The maximum atomic E-state index is 2.46. The highest BCUT2D eigenvalue weighted by molar-refractivity contribution is 6.72. The zero-order chi connectivity index (χ0) is 33.6. The van der Waals surface area contributed by atoms with Crippen LogP contribution in [0.5, 0.6) is 0 Å². The molecule has 4 unspecified atom stereocenters. The molecular formula is C44H52Si4. The van der Waals surface area contributed by atoms with Crippen molar-refractivity contribution in [1.29, 1.82) is 0 Å². The van der Waals surface area contributed by atoms with Crippen LogP contribution in [0.2, 0.25) is 26.2 Å². The number of benzene rings is 6. The van der Waals surface area contributed by atoms with E-state index in [9.17, 15) is 0 Å². The largest absolute Gasteiger partial charge is 0.0720 e. The molecule has 0 saturated heterocycles. The Morgan fingerprint density at radius 3 is 0.792 bits per heavy atom. The summed E-state index contributed by atoms with van der Waals surface area (Å²) in [5.74, 6) is 0. The van der Waals surface area contributed by atoms with Gasteiger partial charge in [0, 0.05) is 0 Å². The van der Waals surface area contributed by atoms with Gasteiger partial charge in [-0.05, 0) is 24.2 Å². The van der Waals surface area contributed by atoms with E-state index >= 15 is 0 Å². The van der Waals surface area contributed by atoms with Crippen molar-refractivity contribution in [3.05, 3.63) is 192 Å². The van der Waals surface area contributed by atoms with E-state index < -0.39 is 35.2 Å². The molecule has 0 saturated carbocycles. The highest BCUT2D eigenvalue weighted by atomic mass is 28.3. The lowest BCUT2D eigenvalue weighted by Gasteiger charge is -2.14. The van der Waals surface area contributed by atoms with Crippen LogP contribution in [-0.2, 0) is 24.2 Å². The molecule has 0 N–H and O–H groups in total. The minimum atomic E-state index is -0.892. The van der Waals surface area contributed by atoms with Gasteiger partial charge in [0.25, 0.3) is 0 Å². The first kappa shape index (κ1) is 35.5. The van der Waals surface area contributed by atoms with Crippen LogP contribution < -0.4 is 20.7 Å². The lowest BCUT2D eigenvalue weighted by molar-refractivity contribution is 1.28. The number of hydrogen-bond donors (Lipinski definition) is 0. The Labute approximate surface area is 297 Å². The second-order valence-corrected chi connectivity index (χ2v) is 25.2. The first-order valence-corrected chi connectivity index (χ1v) is 28.0. The van der Waals surface area contributed by atoms with Crippen LogP contribution in [0.15, 0.2) is 170 Å². The Hall–Kier alpha value is -3.81. The third-order valence-electron chi connectivity index (χ3n) is 9.66. The van der Waals surface area contributed by atoms with Crippen molar-refractivity contribution < 1.29 is 0 Å². The molecule has 0 fully saturated rings. The van der Waals surface area contributed by atoms with Gasteiger partial charge in [0.05, 0.1) is 35.2 Å². The van der Waals surface area contributed by atoms with Crippen molar-refractivity contribution in [2.24, 2.45) is 0 Å². The lowest BCUT2D eigenvalue weighted by atomic mass is 10.2. The monoisotopic (exact) mass is 692 g/mol. The molecule has 0 aromatic heterocycles. The quantitative estimate of drug-likeness (QED) is 0.125. The molecule has 0 bridgehead atoms. The standard InChI is InChI=1S/2C22H26Si2/c1-23(21-12-5-3-6-13-21)17-19-10-9-11-20(16-19)18-24(2)22-14-7-4-8-15-22;1-23(21-9-5-3-6-10-21)17-19-13-15-20(16-14-19)18-24(2)22-11-7-4-8-12-22/h2*3-16,23-24H,17-18H2,1-2H3. The molecule has 0 aliphatic heterocycles. The Bertz CT molecular complexity index is 1630. The maximum absolute atomic E-state index is 2.46. The van der Waals surface area contributed by atoms with Crippen LogP contribution >= 0.6 is 0 Å². The van der Waals surface area contributed by atoms with Gasteiger partial charge in [0.1, 0.15) is 0 Å². The predicted octanol–water partition coefficient (Wildman–Crippen LogP) is 6.76. The molecule has 0 aliphatic rings. The van der Waals surface area contributed by atoms with Gasteiger partial charge in [-0.1, -0.05) is 239 Å². The third-order valence-corrected chi connectivity index (χ3v) is 20.1. The summed E-state index contributed by atoms with van der Waals surface area (Å²) < 4.78 is 0. The van der Waals surface area contributed by atoms with Crippen molar-refractivity contribution in [1.82, 2.24) is 0 Å². The molecule has 6 rings (SSSR count). The van der Waals surface area contributed by atoms with Crippen molar-refractivity contribution in [3.8, 4) is 0 Å². The normalized spacial score (nSPS) is 13.4. The summed E-state index contributed by atoms with van der Waals surface area (Å²) in [7, 11) is -3.53. The SMILES string of the molecule is C[SiH](Cc1ccc(C[SiH](C)c2ccccc2)cc1)c1ccccc1.C[SiH](Cc1cccc(C[SiH](C)c2ccccc2)c1)c1ccccc1. The number of rotatable bonds is 12. The molecule has 0 amide bonds. The van der Waals surface area contributed by atoms with Gasteiger partial charge >= 0.3 is 0 Å². The van der Waals surface area contributed by atoms with E-state index in [4.69, 9.17) is 0 Å². The Morgan fingerprint density at radius 2 is 0.521 bits per heavy atom. The molecule has 4 atom stereocenters. The second kappa shape index (κ2) is 18.7. The van der Waals surface area contributed by atoms with Crippen LogP contribution in [0.4, 0.5) is 0 Å². The van der Waals surface area contributed by atoms with Crippen LogP contribution in [0.1, 0.15) is 22.3 Å². The molecule has 0 radical (unpaired) electrons. The fraction of sp³-hybridized carbons (Fsp3) is 0.182. The summed E-state index contributed by atoms with van der Waals surface area (Å²) >= 11 is 0. The fourth-order valence-electron chi connectivity index (χ4n) is 6.71. The highest BCUT2D eigenvalue weighted by Gasteiger charge is 2.12. The van der Waals surface area contributed by atoms with Crippen molar-refractivity contribution in [3.63, 3.8) is 0 Å². The smallest absolute Gasteiger partial charge is 0.0678 e. The summed E-state index contributed by atoms with van der Waals surface area (Å²) in [6.45, 7) is 9.83. The highest BCUT2D eigenvalue weighted by Crippen LogP contribution is 2.11. The molecule has 4 heteroatoms. The van der Waals surface area contributed by atoms with Gasteiger partial charge in [-0.15, -0.1) is 0 Å². The zero-order valence-corrected chi connectivity index (χ0v) is 33.9. The molecule has 48 heavy (non-hydrogen) atoms. The summed E-state index contributed by atoms with van der Waals surface area (Å²) in [5.41, 5.74) is 6.03. The molecule has 6 aromatic carbocycles. The van der Waals surface area contributed by atoms with E-state index in [1.807, 2.05) is 0 Å². The van der Waals surface area contributed by atoms with Crippen LogP contribution in [0.3, 0.4) is 0 Å². The fourth-order valence-corrected chi connectivity index (χ4v) is 15.0. The van der Waals surface area contributed by atoms with Crippen molar-refractivity contribution in [2.45, 2.75) is 50.4 Å². The van der Waals surface area contributed by atoms with Crippen LogP contribution in [0, 0.1) is 0 Å². The van der Waals surface area contributed by atoms with Gasteiger partial charge in [-0.25, -0.2) is 0 Å². The van der Waals surface area contributed by atoms with E-state index in [1.165, 1.54) is 46.4 Å². The van der Waals surface area contributed by atoms with E-state index in [2.05, 4.69) is 196 Å². The topological polar surface area (TPSA) is 0 Å². The molecule has 0 spiro atoms. The second-order valence-electron chi connectivity index (χ2n) is 13.7. The van der Waals surface area contributed by atoms with Gasteiger partial charge < -0.3 is 0 Å². The number of hydrogen-bond acceptors (Lipinski definition) is 0. The minimum Gasteiger partial charge on any atom is -0.0678 e. The minimum absolute atomic E-state index is 0.872. The summed E-state index contributed by atoms with van der Waals surface area (Å²) in [4.78, 5) is 0. The van der Waals surface area contributed by atoms with Crippen LogP contribution in [-0.4, -0.2) is 35.2 Å². The Balaban J connectivity index is 0.000000188. The van der Waals surface area contributed by atoms with Gasteiger partial charge in [0.2, 0.25) is 0 Å². The summed E-state index contributed by atoms with van der Waals surface area (Å²) in [6, 6.07) is 67.9. The molecule has 0 nitrogen and oxygen atoms in total. The van der Waals surface area contributed by atoms with E-state index in [0.717, 1.165) is 0 Å². The van der Waals surface area contributed by atoms with Gasteiger partial charge in [0.15, 0.2) is 0 Å². The average molecular weight is 693 g/mol. The first-order chi connectivity index (χ1) is 23.4. The summed E-state index contributed by atoms with van der Waals surface area (Å²) in [6.07, 6.45) is 0. The predicted molar refractivity (Wildman–Crippen MR) is 224 cm³/mol. The Morgan fingerprint density at radius 1 is 0.271 bits per heavy atom. The van der Waals surface area contributed by atoms with E-state index in [0.29, 0.717) is 0 Å². The third kappa shape index (κ3) is 11.1. The molecule has 6 aromatic rings. The lowest BCUT2D eigenvalue weighted by Crippen LogP contribution is -2.30. The molecule has 244 valence electrons.